The fourth-order valence-corrected chi connectivity index (χ4v) is 4.96. The Morgan fingerprint density at radius 1 is 1.00 bits per heavy atom. The smallest absolute Gasteiger partial charge is 0.0959 e. The van der Waals surface area contributed by atoms with Crippen LogP contribution in [0.2, 0.25) is 0 Å². The highest BCUT2D eigenvalue weighted by molar-refractivity contribution is 5.87. The minimum Gasteiger partial charge on any atom is -0.387 e. The lowest BCUT2D eigenvalue weighted by Gasteiger charge is -2.47. The van der Waals surface area contributed by atoms with Crippen molar-refractivity contribution in [2.24, 2.45) is 10.7 Å². The van der Waals surface area contributed by atoms with Gasteiger partial charge in [0.05, 0.1) is 12.4 Å². The van der Waals surface area contributed by atoms with Crippen LogP contribution in [0.4, 0.5) is 11.4 Å². The van der Waals surface area contributed by atoms with E-state index in [-0.39, 0.29) is 5.41 Å². The quantitative estimate of drug-likeness (QED) is 0.560. The Morgan fingerprint density at radius 3 is 2.14 bits per heavy atom. The molecule has 1 aliphatic carbocycles. The second kappa shape index (κ2) is 7.78. The summed E-state index contributed by atoms with van der Waals surface area (Å²) in [4.78, 5) is 6.77. The summed E-state index contributed by atoms with van der Waals surface area (Å²) in [7, 11) is 0. The van der Waals surface area contributed by atoms with Crippen molar-refractivity contribution < 1.29 is 0 Å². The number of aliphatic imine (C=N–C) groups is 1. The van der Waals surface area contributed by atoms with Gasteiger partial charge in [-0.15, -0.1) is 0 Å². The fraction of sp³-hybridized carbons (Fsp3) is 0.417. The molecule has 0 saturated heterocycles. The molecule has 4 rings (SSSR count). The monoisotopic (exact) mass is 374 g/mol. The van der Waals surface area contributed by atoms with Gasteiger partial charge in [-0.3, -0.25) is 4.99 Å². The maximum Gasteiger partial charge on any atom is 0.0959 e. The molecule has 1 aliphatic heterocycles. The summed E-state index contributed by atoms with van der Waals surface area (Å²) in [6.45, 7) is 2.95. The molecule has 2 aromatic rings. The lowest BCUT2D eigenvalue weighted by Crippen LogP contribution is -2.39. The lowest BCUT2D eigenvalue weighted by atomic mass is 9.63. The molecular weight excluding hydrogens is 344 g/mol. The summed E-state index contributed by atoms with van der Waals surface area (Å²) in [6.07, 6.45) is 7.10. The number of fused-ring (bicyclic) bond motifs is 4. The van der Waals surface area contributed by atoms with Crippen molar-refractivity contribution in [1.82, 2.24) is 0 Å². The van der Waals surface area contributed by atoms with E-state index in [1.165, 1.54) is 54.6 Å². The van der Waals surface area contributed by atoms with Gasteiger partial charge in [0.25, 0.3) is 0 Å². The van der Waals surface area contributed by atoms with E-state index in [0.717, 1.165) is 6.54 Å². The number of nitrogens with two attached hydrogens (primary N) is 1. The van der Waals surface area contributed by atoms with E-state index in [4.69, 9.17) is 11.1 Å². The summed E-state index contributed by atoms with van der Waals surface area (Å²) in [5.41, 5.74) is 12.4. The highest BCUT2D eigenvalue weighted by Crippen LogP contribution is 2.55. The molecule has 4 heteroatoms. The summed E-state index contributed by atoms with van der Waals surface area (Å²) >= 11 is 0. The number of para-hydroxylation sites is 2. The van der Waals surface area contributed by atoms with Gasteiger partial charge in [-0.2, -0.15) is 0 Å². The maximum absolute atomic E-state index is 7.55. The van der Waals surface area contributed by atoms with Gasteiger partial charge >= 0.3 is 0 Å². The lowest BCUT2D eigenvalue weighted by molar-refractivity contribution is 0.343. The van der Waals surface area contributed by atoms with Crippen molar-refractivity contribution in [3.63, 3.8) is 0 Å². The van der Waals surface area contributed by atoms with Crippen LogP contribution >= 0.6 is 0 Å². The van der Waals surface area contributed by atoms with Crippen LogP contribution in [0.15, 0.2) is 53.5 Å². The van der Waals surface area contributed by atoms with Crippen LogP contribution in [0, 0.1) is 5.41 Å². The van der Waals surface area contributed by atoms with Gasteiger partial charge in [0.2, 0.25) is 0 Å². The minimum atomic E-state index is 0.152. The first-order valence-electron chi connectivity index (χ1n) is 10.4. The first kappa shape index (κ1) is 18.7. The molecule has 28 heavy (non-hydrogen) atoms. The molecule has 2 aromatic carbocycles. The van der Waals surface area contributed by atoms with Crippen LogP contribution in [0.3, 0.4) is 0 Å². The summed E-state index contributed by atoms with van der Waals surface area (Å²) < 4.78 is 0. The second-order valence-electron chi connectivity index (χ2n) is 8.17. The van der Waals surface area contributed by atoms with Crippen LogP contribution < -0.4 is 10.6 Å². The van der Waals surface area contributed by atoms with Gasteiger partial charge in [0.1, 0.15) is 0 Å². The molecule has 0 bridgehead atoms. The number of nitrogens with zero attached hydrogens (tertiary/aromatic N) is 2. The molecule has 4 nitrogen and oxygen atoms in total. The normalized spacial score (nSPS) is 17.9. The van der Waals surface area contributed by atoms with E-state index < -0.39 is 0 Å². The Morgan fingerprint density at radius 2 is 1.57 bits per heavy atom. The van der Waals surface area contributed by atoms with E-state index in [9.17, 15) is 0 Å². The molecule has 1 spiro atoms. The third-order valence-corrected chi connectivity index (χ3v) is 6.24. The Balaban J connectivity index is 1.72. The SMILES string of the molecule is CC(=N)CN=C(N)CCN1c2ccccc2C2(CCCCC2)c2ccccc21. The Kier molecular flexibility index (Phi) is 5.21. The number of benzene rings is 2. The fourth-order valence-electron chi connectivity index (χ4n) is 4.96. The average Bonchev–Trinajstić information content (AvgIpc) is 2.73. The summed E-state index contributed by atoms with van der Waals surface area (Å²) in [5.74, 6) is 0.625. The van der Waals surface area contributed by atoms with Gasteiger partial charge in [0, 0.05) is 35.5 Å². The number of rotatable bonds is 5. The average molecular weight is 375 g/mol. The van der Waals surface area contributed by atoms with E-state index in [2.05, 4.69) is 58.4 Å². The van der Waals surface area contributed by atoms with Crippen molar-refractivity contribution in [2.45, 2.75) is 50.9 Å². The van der Waals surface area contributed by atoms with Gasteiger partial charge in [0.15, 0.2) is 0 Å². The molecule has 146 valence electrons. The number of amidine groups is 1. The first-order chi connectivity index (χ1) is 13.6. The van der Waals surface area contributed by atoms with Gasteiger partial charge in [-0.05, 0) is 43.0 Å². The zero-order valence-corrected chi connectivity index (χ0v) is 16.7. The second-order valence-corrected chi connectivity index (χ2v) is 8.17. The molecule has 2 aliphatic rings. The highest BCUT2D eigenvalue weighted by atomic mass is 15.2. The topological polar surface area (TPSA) is 65.5 Å². The number of anilines is 2. The Bertz CT molecular complexity index is 843. The standard InChI is InChI=1S/C24H30N4/c1-18(25)17-27-23(26)13-16-28-21-11-5-3-9-19(21)24(14-7-2-8-15-24)20-10-4-6-12-22(20)28/h3-6,9-12,25H,2,7-8,13-17H2,1H3,(H2,26,27). The molecule has 0 atom stereocenters. The molecule has 0 unspecified atom stereocenters. The number of hydrogen-bond acceptors (Lipinski definition) is 3. The molecule has 1 fully saturated rings. The van der Waals surface area contributed by atoms with Crippen LogP contribution in [0.25, 0.3) is 0 Å². The van der Waals surface area contributed by atoms with Crippen molar-refractivity contribution in [3.8, 4) is 0 Å². The molecule has 0 aromatic heterocycles. The van der Waals surface area contributed by atoms with Crippen molar-refractivity contribution in [1.29, 1.82) is 5.41 Å². The Hall–Kier alpha value is -2.62. The highest BCUT2D eigenvalue weighted by Gasteiger charge is 2.43. The van der Waals surface area contributed by atoms with Gasteiger partial charge in [-0.1, -0.05) is 55.7 Å². The van der Waals surface area contributed by atoms with E-state index >= 15 is 0 Å². The van der Waals surface area contributed by atoms with Crippen molar-refractivity contribution in [3.05, 3.63) is 59.7 Å². The van der Waals surface area contributed by atoms with Gasteiger partial charge < -0.3 is 16.0 Å². The molecule has 1 heterocycles. The predicted octanol–water partition coefficient (Wildman–Crippen LogP) is 5.18. The third kappa shape index (κ3) is 3.32. The maximum atomic E-state index is 7.55. The van der Waals surface area contributed by atoms with Crippen LogP contribution in [-0.4, -0.2) is 24.6 Å². The molecule has 1 saturated carbocycles. The minimum absolute atomic E-state index is 0.152. The van der Waals surface area contributed by atoms with E-state index in [1.807, 2.05) is 0 Å². The van der Waals surface area contributed by atoms with E-state index in [0.29, 0.717) is 24.5 Å². The van der Waals surface area contributed by atoms with Crippen molar-refractivity contribution >= 4 is 22.9 Å². The van der Waals surface area contributed by atoms with Crippen LogP contribution in [0.1, 0.15) is 56.6 Å². The third-order valence-electron chi connectivity index (χ3n) is 6.24. The molecular formula is C24H30N4. The Labute approximate surface area is 168 Å². The summed E-state index contributed by atoms with van der Waals surface area (Å²) in [6, 6.07) is 17.8. The largest absolute Gasteiger partial charge is 0.387 e. The van der Waals surface area contributed by atoms with E-state index in [1.54, 1.807) is 6.92 Å². The summed E-state index contributed by atoms with van der Waals surface area (Å²) in [5, 5.41) is 7.55. The van der Waals surface area contributed by atoms with Crippen LogP contribution in [-0.2, 0) is 5.41 Å². The first-order valence-corrected chi connectivity index (χ1v) is 10.4. The molecule has 0 radical (unpaired) electrons. The molecule has 3 N–H and O–H groups in total. The zero-order chi connectivity index (χ0) is 19.6. The predicted molar refractivity (Wildman–Crippen MR) is 118 cm³/mol. The van der Waals surface area contributed by atoms with Gasteiger partial charge in [-0.25, -0.2) is 0 Å². The van der Waals surface area contributed by atoms with Crippen LogP contribution in [0.5, 0.6) is 0 Å². The number of hydrogen-bond donors (Lipinski definition) is 2. The molecule has 0 amide bonds. The zero-order valence-electron chi connectivity index (χ0n) is 16.7. The number of nitrogens with one attached hydrogen (secondary N) is 1. The van der Waals surface area contributed by atoms with Crippen molar-refractivity contribution in [2.75, 3.05) is 18.0 Å².